The van der Waals surface area contributed by atoms with E-state index < -0.39 is 12.1 Å². The Morgan fingerprint density at radius 1 is 0.385 bits per heavy atom. The van der Waals surface area contributed by atoms with E-state index in [1.165, 1.54) is 231 Å². The topological polar surface area (TPSA) is 69.6 Å². The number of aliphatic hydroxyl groups excluding tert-OH is 2. The summed E-state index contributed by atoms with van der Waals surface area (Å²) in [6.45, 7) is 4.22. The van der Waals surface area contributed by atoms with Crippen molar-refractivity contribution in [2.24, 2.45) is 0 Å². The van der Waals surface area contributed by atoms with E-state index in [2.05, 4.69) is 67.8 Å². The second-order valence-corrected chi connectivity index (χ2v) is 19.7. The zero-order chi connectivity index (χ0) is 47.0. The quantitative estimate of drug-likeness (QED) is 0.0421. The maximum absolute atomic E-state index is 12.5. The molecule has 0 bridgehead atoms. The summed E-state index contributed by atoms with van der Waals surface area (Å²) < 4.78 is 0. The fourth-order valence-electron chi connectivity index (χ4n) is 8.88. The highest BCUT2D eigenvalue weighted by Crippen LogP contribution is 2.17. The number of amides is 1. The van der Waals surface area contributed by atoms with Gasteiger partial charge in [-0.05, 0) is 57.8 Å². The van der Waals surface area contributed by atoms with Gasteiger partial charge in [-0.2, -0.15) is 0 Å². The molecular formula is C61H113NO3. The van der Waals surface area contributed by atoms with Gasteiger partial charge in [0.25, 0.3) is 0 Å². The van der Waals surface area contributed by atoms with Gasteiger partial charge in [0.2, 0.25) is 5.91 Å². The highest BCUT2D eigenvalue weighted by molar-refractivity contribution is 5.76. The molecule has 0 aliphatic carbocycles. The van der Waals surface area contributed by atoms with Crippen LogP contribution in [-0.2, 0) is 4.79 Å². The van der Waals surface area contributed by atoms with Crippen LogP contribution in [0.2, 0.25) is 0 Å². The molecule has 0 saturated carbocycles. The number of rotatable bonds is 53. The molecule has 0 radical (unpaired) electrons. The Labute approximate surface area is 406 Å². The largest absolute Gasteiger partial charge is 0.394 e. The van der Waals surface area contributed by atoms with Crippen molar-refractivity contribution in [2.75, 3.05) is 6.61 Å². The van der Waals surface area contributed by atoms with Crippen LogP contribution in [0.1, 0.15) is 303 Å². The van der Waals surface area contributed by atoms with Crippen molar-refractivity contribution < 1.29 is 15.0 Å². The van der Waals surface area contributed by atoms with Crippen LogP contribution in [0.3, 0.4) is 0 Å². The summed E-state index contributed by atoms with van der Waals surface area (Å²) in [6, 6.07) is -0.623. The molecule has 0 aromatic heterocycles. The second kappa shape index (κ2) is 56.4. The molecule has 0 aliphatic heterocycles. The molecule has 0 saturated heterocycles. The third kappa shape index (κ3) is 52.9. The molecule has 2 unspecified atom stereocenters. The van der Waals surface area contributed by atoms with Crippen molar-refractivity contribution in [1.29, 1.82) is 0 Å². The number of carbonyl (C=O) groups excluding carboxylic acids is 1. The standard InChI is InChI=1S/C61H113NO3/c1-3-5-7-9-11-13-15-17-19-21-23-25-27-28-29-30-31-32-33-34-35-37-39-41-43-45-47-49-51-53-55-57-61(65)62-59(58-63)60(64)56-54-52-50-48-46-44-42-40-38-36-26-24-22-20-18-16-14-12-10-8-6-4-2/h5,7,11,13,17,19,23,25,54,56,59-60,63-64H,3-4,6,8-10,12,14-16,18,20-22,24,26-53,55,57-58H2,1-2H3,(H,62,65)/b7-5-,13-11-,19-17-,25-23-,56-54+. The number of hydrogen-bond donors (Lipinski definition) is 3. The Morgan fingerprint density at radius 3 is 1.02 bits per heavy atom. The lowest BCUT2D eigenvalue weighted by atomic mass is 10.0. The highest BCUT2D eigenvalue weighted by Gasteiger charge is 2.18. The summed E-state index contributed by atoms with van der Waals surface area (Å²) >= 11 is 0. The fourth-order valence-corrected chi connectivity index (χ4v) is 8.88. The van der Waals surface area contributed by atoms with E-state index in [1.54, 1.807) is 6.08 Å². The van der Waals surface area contributed by atoms with Crippen molar-refractivity contribution in [3.8, 4) is 0 Å². The SMILES string of the molecule is CC/C=C\C/C=C\C/C=C\C/C=C\CCCCCCCCCCCCCCCCCCCCC(=O)NC(CO)C(O)/C=C/CCCCCCCCCCCCCCCCCCCCCC. The number of carbonyl (C=O) groups is 1. The van der Waals surface area contributed by atoms with Crippen molar-refractivity contribution in [3.05, 3.63) is 60.8 Å². The minimum atomic E-state index is -0.840. The van der Waals surface area contributed by atoms with E-state index in [1.807, 2.05) is 6.08 Å². The molecule has 0 aromatic rings. The van der Waals surface area contributed by atoms with Gasteiger partial charge in [0, 0.05) is 6.42 Å². The summed E-state index contributed by atoms with van der Waals surface area (Å²) in [7, 11) is 0. The Morgan fingerprint density at radius 2 is 0.677 bits per heavy atom. The van der Waals surface area contributed by atoms with E-state index in [0.717, 1.165) is 51.4 Å². The van der Waals surface area contributed by atoms with Gasteiger partial charge in [0.05, 0.1) is 18.8 Å². The van der Waals surface area contributed by atoms with Crippen LogP contribution in [0.4, 0.5) is 0 Å². The minimum absolute atomic E-state index is 0.0604. The lowest BCUT2D eigenvalue weighted by Gasteiger charge is -2.20. The van der Waals surface area contributed by atoms with Crippen LogP contribution < -0.4 is 5.32 Å². The molecule has 0 rings (SSSR count). The first kappa shape index (κ1) is 63.1. The number of nitrogens with one attached hydrogen (secondary N) is 1. The Hall–Kier alpha value is -1.91. The molecule has 0 aliphatic rings. The van der Waals surface area contributed by atoms with Crippen LogP contribution in [-0.4, -0.2) is 34.9 Å². The van der Waals surface area contributed by atoms with Gasteiger partial charge in [-0.1, -0.05) is 299 Å². The molecule has 0 fully saturated rings. The summed E-state index contributed by atoms with van der Waals surface area (Å²) in [5.41, 5.74) is 0. The first-order valence-corrected chi connectivity index (χ1v) is 29.0. The maximum Gasteiger partial charge on any atom is 0.220 e. The molecule has 0 heterocycles. The first-order valence-electron chi connectivity index (χ1n) is 29.0. The summed E-state index contributed by atoms with van der Waals surface area (Å²) in [5, 5.41) is 23.2. The van der Waals surface area contributed by atoms with Gasteiger partial charge < -0.3 is 15.5 Å². The Bertz CT molecular complexity index is 1070. The van der Waals surface area contributed by atoms with Gasteiger partial charge in [0.1, 0.15) is 0 Å². The van der Waals surface area contributed by atoms with Gasteiger partial charge in [0.15, 0.2) is 0 Å². The number of hydrogen-bond acceptors (Lipinski definition) is 3. The monoisotopic (exact) mass is 908 g/mol. The molecule has 4 nitrogen and oxygen atoms in total. The third-order valence-corrected chi connectivity index (χ3v) is 13.3. The van der Waals surface area contributed by atoms with Crippen LogP contribution in [0.25, 0.3) is 0 Å². The second-order valence-electron chi connectivity index (χ2n) is 19.7. The molecule has 0 spiro atoms. The van der Waals surface area contributed by atoms with E-state index in [4.69, 9.17) is 0 Å². The van der Waals surface area contributed by atoms with Crippen molar-refractivity contribution in [1.82, 2.24) is 5.32 Å². The van der Waals surface area contributed by atoms with Crippen LogP contribution in [0.5, 0.6) is 0 Å². The number of allylic oxidation sites excluding steroid dienone is 9. The molecule has 1 amide bonds. The summed E-state index contributed by atoms with van der Waals surface area (Å²) in [6.07, 6.45) is 79.6. The lowest BCUT2D eigenvalue weighted by Crippen LogP contribution is -2.45. The average Bonchev–Trinajstić information content (AvgIpc) is 3.31. The van der Waals surface area contributed by atoms with E-state index >= 15 is 0 Å². The van der Waals surface area contributed by atoms with E-state index in [9.17, 15) is 15.0 Å². The van der Waals surface area contributed by atoms with Crippen LogP contribution in [0.15, 0.2) is 60.8 Å². The first-order chi connectivity index (χ1) is 32.2. The van der Waals surface area contributed by atoms with E-state index in [-0.39, 0.29) is 12.5 Å². The van der Waals surface area contributed by atoms with E-state index in [0.29, 0.717) is 6.42 Å². The minimum Gasteiger partial charge on any atom is -0.394 e. The fraction of sp³-hybridized carbons (Fsp3) is 0.820. The third-order valence-electron chi connectivity index (χ3n) is 13.3. The summed E-state index contributed by atoms with van der Waals surface area (Å²) in [4.78, 5) is 12.5. The van der Waals surface area contributed by atoms with Crippen molar-refractivity contribution in [2.45, 2.75) is 315 Å². The molecule has 3 N–H and O–H groups in total. The Balaban J connectivity index is 3.47. The zero-order valence-corrected chi connectivity index (χ0v) is 43.8. The smallest absolute Gasteiger partial charge is 0.220 e. The predicted molar refractivity (Wildman–Crippen MR) is 290 cm³/mol. The van der Waals surface area contributed by atoms with Crippen LogP contribution in [0, 0.1) is 0 Å². The highest BCUT2D eigenvalue weighted by atomic mass is 16.3. The molecule has 4 heteroatoms. The van der Waals surface area contributed by atoms with Gasteiger partial charge in [-0.15, -0.1) is 0 Å². The summed E-state index contributed by atoms with van der Waals surface area (Å²) in [5.74, 6) is -0.0604. The molecule has 2 atom stereocenters. The van der Waals surface area contributed by atoms with Crippen molar-refractivity contribution in [3.63, 3.8) is 0 Å². The lowest BCUT2D eigenvalue weighted by molar-refractivity contribution is -0.123. The van der Waals surface area contributed by atoms with Gasteiger partial charge in [-0.3, -0.25) is 4.79 Å². The number of aliphatic hydroxyl groups is 2. The van der Waals surface area contributed by atoms with Gasteiger partial charge in [-0.25, -0.2) is 0 Å². The molecule has 0 aromatic carbocycles. The van der Waals surface area contributed by atoms with Crippen LogP contribution >= 0.6 is 0 Å². The van der Waals surface area contributed by atoms with Crippen molar-refractivity contribution >= 4 is 5.91 Å². The molecular weight excluding hydrogens is 795 g/mol. The molecule has 380 valence electrons. The maximum atomic E-state index is 12.5. The number of unbranched alkanes of at least 4 members (excludes halogenated alkanes) is 38. The average molecular weight is 909 g/mol. The normalized spacial score (nSPS) is 13.2. The zero-order valence-electron chi connectivity index (χ0n) is 43.8. The predicted octanol–water partition coefficient (Wildman–Crippen LogP) is 19.2. The Kier molecular flexibility index (Phi) is 54.8. The molecule has 65 heavy (non-hydrogen) atoms. The van der Waals surface area contributed by atoms with Gasteiger partial charge >= 0.3 is 0 Å².